The van der Waals surface area contributed by atoms with Crippen molar-refractivity contribution in [2.75, 3.05) is 26.7 Å². The van der Waals surface area contributed by atoms with Crippen molar-refractivity contribution in [3.8, 4) is 22.7 Å². The van der Waals surface area contributed by atoms with Gasteiger partial charge in [-0.05, 0) is 50.5 Å². The zero-order valence-corrected chi connectivity index (χ0v) is 25.3. The molecule has 44 heavy (non-hydrogen) atoms. The predicted molar refractivity (Wildman–Crippen MR) is 167 cm³/mol. The Hall–Kier alpha value is -5.12. The molecule has 1 aromatic heterocycles. The maximum absolute atomic E-state index is 14.5. The van der Waals surface area contributed by atoms with E-state index < -0.39 is 16.6 Å². The highest BCUT2D eigenvalue weighted by molar-refractivity contribution is 6.01. The van der Waals surface area contributed by atoms with Crippen LogP contribution in [0.1, 0.15) is 36.7 Å². The summed E-state index contributed by atoms with van der Waals surface area (Å²) in [5.41, 5.74) is 2.21. The molecule has 5 rings (SSSR count). The summed E-state index contributed by atoms with van der Waals surface area (Å²) in [6.07, 6.45) is 1.80. The fourth-order valence-corrected chi connectivity index (χ4v) is 5.50. The second-order valence-electron chi connectivity index (χ2n) is 11.7. The average Bonchev–Trinajstić information content (AvgIpc) is 3.45. The first kappa shape index (κ1) is 30.3. The molecule has 1 aliphatic rings. The van der Waals surface area contributed by atoms with Crippen LogP contribution in [0.4, 0.5) is 10.5 Å². The molecule has 228 valence electrons. The Bertz CT molecular complexity index is 1650. The lowest BCUT2D eigenvalue weighted by atomic mass is 10.00. The molecule has 1 atom stereocenters. The molecule has 1 aliphatic heterocycles. The highest BCUT2D eigenvalue weighted by Crippen LogP contribution is 2.35. The molecule has 4 aromatic rings. The third-order valence-corrected chi connectivity index (χ3v) is 7.51. The molecular formula is C34H36N4O6. The number of nitro groups is 1. The van der Waals surface area contributed by atoms with Crippen LogP contribution in [-0.2, 0) is 11.2 Å². The molecule has 0 saturated carbocycles. The Kier molecular flexibility index (Phi) is 8.71. The number of nitro benzene ring substituents is 1. The third-order valence-electron chi connectivity index (χ3n) is 7.51. The molecule has 0 bridgehead atoms. The van der Waals surface area contributed by atoms with E-state index in [1.54, 1.807) is 32.7 Å². The van der Waals surface area contributed by atoms with E-state index in [0.29, 0.717) is 43.1 Å². The SMILES string of the molecule is COc1ccc([N+](=O)[O-])c(-n2ccc(C(=O)N3CCN(C(=O)OC(C)(C)C)C[C@H]3Cc3ccccc3)c2-c2ccccc2)c1. The van der Waals surface area contributed by atoms with E-state index in [2.05, 4.69) is 0 Å². The average molecular weight is 597 g/mol. The van der Waals surface area contributed by atoms with Crippen LogP contribution in [-0.4, -0.2) is 69.7 Å². The van der Waals surface area contributed by atoms with Crippen LogP contribution in [0.2, 0.25) is 0 Å². The number of aromatic nitrogens is 1. The van der Waals surface area contributed by atoms with Gasteiger partial charge >= 0.3 is 6.09 Å². The normalized spacial score (nSPS) is 15.1. The van der Waals surface area contributed by atoms with Gasteiger partial charge in [0, 0.05) is 38.0 Å². The Balaban J connectivity index is 1.57. The topological polar surface area (TPSA) is 107 Å². The van der Waals surface area contributed by atoms with Crippen LogP contribution in [0.3, 0.4) is 0 Å². The molecule has 1 fully saturated rings. The molecule has 0 unspecified atom stereocenters. The van der Waals surface area contributed by atoms with Crippen LogP contribution >= 0.6 is 0 Å². The van der Waals surface area contributed by atoms with Gasteiger partial charge in [0.1, 0.15) is 17.0 Å². The van der Waals surface area contributed by atoms with Gasteiger partial charge < -0.3 is 23.8 Å². The van der Waals surface area contributed by atoms with E-state index in [1.807, 2.05) is 81.4 Å². The minimum atomic E-state index is -0.644. The minimum absolute atomic E-state index is 0.120. The lowest BCUT2D eigenvalue weighted by Crippen LogP contribution is -2.57. The van der Waals surface area contributed by atoms with Gasteiger partial charge in [0.25, 0.3) is 11.6 Å². The van der Waals surface area contributed by atoms with Crippen molar-refractivity contribution < 1.29 is 24.0 Å². The van der Waals surface area contributed by atoms with Crippen LogP contribution in [0.25, 0.3) is 16.9 Å². The molecule has 3 aromatic carbocycles. The van der Waals surface area contributed by atoms with E-state index in [4.69, 9.17) is 9.47 Å². The molecular weight excluding hydrogens is 560 g/mol. The van der Waals surface area contributed by atoms with Crippen molar-refractivity contribution in [1.82, 2.24) is 14.4 Å². The first-order valence-corrected chi connectivity index (χ1v) is 14.5. The summed E-state index contributed by atoms with van der Waals surface area (Å²) >= 11 is 0. The Morgan fingerprint density at radius 3 is 2.27 bits per heavy atom. The van der Waals surface area contributed by atoms with E-state index in [9.17, 15) is 19.7 Å². The number of amides is 2. The van der Waals surface area contributed by atoms with Gasteiger partial charge in [-0.2, -0.15) is 0 Å². The molecule has 1 saturated heterocycles. The number of ether oxygens (including phenoxy) is 2. The summed E-state index contributed by atoms with van der Waals surface area (Å²) in [5, 5.41) is 12.1. The zero-order valence-electron chi connectivity index (χ0n) is 25.3. The molecule has 10 nitrogen and oxygen atoms in total. The Labute approximate surface area is 256 Å². The van der Waals surface area contributed by atoms with Gasteiger partial charge in [0.15, 0.2) is 0 Å². The number of hydrogen-bond acceptors (Lipinski definition) is 6. The second kappa shape index (κ2) is 12.6. The maximum Gasteiger partial charge on any atom is 0.410 e. The first-order chi connectivity index (χ1) is 21.1. The van der Waals surface area contributed by atoms with E-state index >= 15 is 0 Å². The quantitative estimate of drug-likeness (QED) is 0.181. The smallest absolute Gasteiger partial charge is 0.410 e. The van der Waals surface area contributed by atoms with Crippen molar-refractivity contribution in [3.05, 3.63) is 112 Å². The van der Waals surface area contributed by atoms with Gasteiger partial charge in [-0.25, -0.2) is 4.79 Å². The molecule has 2 amide bonds. The molecule has 0 radical (unpaired) electrons. The molecule has 0 spiro atoms. The standard InChI is InChI=1S/C34H36N4O6/c1-34(2,3)44-33(40)35-19-20-36(26(23-35)21-24-11-7-5-8-12-24)32(39)28-17-18-37(31(28)25-13-9-6-10-14-25)30-22-27(43-4)15-16-29(30)38(41)42/h5-18,22,26H,19-21,23H2,1-4H3/t26-/m1/s1. The van der Waals surface area contributed by atoms with E-state index in [0.717, 1.165) is 11.1 Å². The molecule has 2 heterocycles. The summed E-state index contributed by atoms with van der Waals surface area (Å²) in [6.45, 7) is 6.40. The largest absolute Gasteiger partial charge is 0.497 e. The molecule has 0 aliphatic carbocycles. The minimum Gasteiger partial charge on any atom is -0.497 e. The Morgan fingerprint density at radius 2 is 1.64 bits per heavy atom. The zero-order chi connectivity index (χ0) is 31.4. The van der Waals surface area contributed by atoms with Gasteiger partial charge in [0.05, 0.1) is 29.3 Å². The van der Waals surface area contributed by atoms with Crippen LogP contribution in [0.15, 0.2) is 91.1 Å². The van der Waals surface area contributed by atoms with E-state index in [1.165, 1.54) is 19.2 Å². The molecule has 0 N–H and O–H groups in total. The number of hydrogen-bond donors (Lipinski definition) is 0. The van der Waals surface area contributed by atoms with E-state index in [-0.39, 0.29) is 23.3 Å². The number of rotatable bonds is 7. The van der Waals surface area contributed by atoms with Gasteiger partial charge in [-0.15, -0.1) is 0 Å². The summed E-state index contributed by atoms with van der Waals surface area (Å²) < 4.78 is 12.7. The predicted octanol–water partition coefficient (Wildman–Crippen LogP) is 6.37. The number of carbonyl (C=O) groups is 2. The molecule has 10 heteroatoms. The lowest BCUT2D eigenvalue weighted by molar-refractivity contribution is -0.384. The summed E-state index contributed by atoms with van der Waals surface area (Å²) in [4.78, 5) is 42.6. The number of methoxy groups -OCH3 is 1. The van der Waals surface area contributed by atoms with Crippen LogP contribution in [0, 0.1) is 10.1 Å². The van der Waals surface area contributed by atoms with Gasteiger partial charge in [-0.3, -0.25) is 14.9 Å². The van der Waals surface area contributed by atoms with Gasteiger partial charge in [0.2, 0.25) is 0 Å². The van der Waals surface area contributed by atoms with Crippen molar-refractivity contribution in [2.24, 2.45) is 0 Å². The monoisotopic (exact) mass is 596 g/mol. The van der Waals surface area contributed by atoms with Crippen LogP contribution in [0.5, 0.6) is 5.75 Å². The highest BCUT2D eigenvalue weighted by atomic mass is 16.6. The lowest BCUT2D eigenvalue weighted by Gasteiger charge is -2.42. The summed E-state index contributed by atoms with van der Waals surface area (Å²) in [7, 11) is 1.50. The third kappa shape index (κ3) is 6.59. The number of carbonyl (C=O) groups excluding carboxylic acids is 2. The number of benzene rings is 3. The maximum atomic E-state index is 14.5. The summed E-state index contributed by atoms with van der Waals surface area (Å²) in [5.74, 6) is 0.227. The number of nitrogens with zero attached hydrogens (tertiary/aromatic N) is 4. The van der Waals surface area contributed by atoms with Crippen molar-refractivity contribution in [2.45, 2.75) is 38.8 Å². The fraction of sp³-hybridized carbons (Fsp3) is 0.294. The van der Waals surface area contributed by atoms with Gasteiger partial charge in [-0.1, -0.05) is 60.7 Å². The Morgan fingerprint density at radius 1 is 0.955 bits per heavy atom. The summed E-state index contributed by atoms with van der Waals surface area (Å²) in [6, 6.07) is 25.1. The van der Waals surface area contributed by atoms with Crippen LogP contribution < -0.4 is 4.74 Å². The first-order valence-electron chi connectivity index (χ1n) is 14.5. The van der Waals surface area contributed by atoms with Crippen molar-refractivity contribution >= 4 is 17.7 Å². The van der Waals surface area contributed by atoms with Crippen molar-refractivity contribution in [3.63, 3.8) is 0 Å². The van der Waals surface area contributed by atoms with Crippen molar-refractivity contribution in [1.29, 1.82) is 0 Å². The highest BCUT2D eigenvalue weighted by Gasteiger charge is 2.36. The second-order valence-corrected chi connectivity index (χ2v) is 11.7. The number of piperazine rings is 1. The fourth-order valence-electron chi connectivity index (χ4n) is 5.50.